The summed E-state index contributed by atoms with van der Waals surface area (Å²) in [5, 5.41) is 4.88. The molecule has 2 atom stereocenters. The Morgan fingerprint density at radius 1 is 1.11 bits per heavy atom. The quantitative estimate of drug-likeness (QED) is 0.347. The lowest BCUT2D eigenvalue weighted by Crippen LogP contribution is -2.42. The van der Waals surface area contributed by atoms with Crippen LogP contribution in [0, 0.1) is 0 Å². The third-order valence-electron chi connectivity index (χ3n) is 7.24. The number of thiocarbonyl (C=S) groups is 1. The molecule has 1 saturated heterocycles. The summed E-state index contributed by atoms with van der Waals surface area (Å²) in [5.41, 5.74) is 6.34. The van der Waals surface area contributed by atoms with Crippen LogP contribution in [0.15, 0.2) is 66.9 Å². The Kier molecular flexibility index (Phi) is 6.67. The average molecular weight is 533 g/mol. The van der Waals surface area contributed by atoms with Crippen LogP contribution in [-0.4, -0.2) is 28.8 Å². The van der Waals surface area contributed by atoms with Crippen LogP contribution in [0.5, 0.6) is 5.75 Å². The summed E-state index contributed by atoms with van der Waals surface area (Å²) in [7, 11) is 2.12. The number of aromatic nitrogens is 1. The van der Waals surface area contributed by atoms with Crippen molar-refractivity contribution in [3.63, 3.8) is 0 Å². The van der Waals surface area contributed by atoms with Crippen LogP contribution in [0.3, 0.4) is 0 Å². The van der Waals surface area contributed by atoms with Crippen LogP contribution in [0.2, 0.25) is 5.02 Å². The third kappa shape index (κ3) is 4.69. The van der Waals surface area contributed by atoms with Crippen molar-refractivity contribution in [3.05, 3.63) is 88.7 Å². The molecule has 2 aliphatic heterocycles. The summed E-state index contributed by atoms with van der Waals surface area (Å²) < 4.78 is 5.87. The number of hydrogen-bond acceptors (Lipinski definition) is 4. The smallest absolute Gasteiger partial charge is 0.174 e. The molecule has 5 nitrogen and oxygen atoms in total. The van der Waals surface area contributed by atoms with Crippen molar-refractivity contribution in [2.24, 2.45) is 0 Å². The Labute approximate surface area is 230 Å². The maximum Gasteiger partial charge on any atom is 0.174 e. The summed E-state index contributed by atoms with van der Waals surface area (Å²) >= 11 is 13.0. The molecule has 1 fully saturated rings. The molecule has 0 spiro atoms. The lowest BCUT2D eigenvalue weighted by molar-refractivity contribution is 0.242. The standard InChI is InChI=1S/C30H33ClN4OS/c1-18(2)36-21-12-10-20(11-13-21)35-28(27(33-29(35)37)25-9-7-8-14-32-25)23-15-22-19(3)17-30(4,5)34(6)26(22)16-24(23)31/h7-18,27-28H,1-6H3,(H,33,37)/t27-,28-/m0/s1. The van der Waals surface area contributed by atoms with Crippen LogP contribution < -0.4 is 19.9 Å². The van der Waals surface area contributed by atoms with Gasteiger partial charge in [0, 0.05) is 35.2 Å². The van der Waals surface area contributed by atoms with Gasteiger partial charge in [0.1, 0.15) is 5.75 Å². The summed E-state index contributed by atoms with van der Waals surface area (Å²) in [5.74, 6) is 0.827. The Bertz CT molecular complexity index is 1350. The highest BCUT2D eigenvalue weighted by Crippen LogP contribution is 2.48. The minimum atomic E-state index is -0.190. The molecule has 2 aromatic carbocycles. The van der Waals surface area contributed by atoms with Gasteiger partial charge in [0.2, 0.25) is 0 Å². The molecule has 0 unspecified atom stereocenters. The van der Waals surface area contributed by atoms with E-state index in [1.54, 1.807) is 0 Å². The van der Waals surface area contributed by atoms with Gasteiger partial charge < -0.3 is 19.9 Å². The lowest BCUT2D eigenvalue weighted by Gasteiger charge is -2.41. The third-order valence-corrected chi connectivity index (χ3v) is 7.88. The van der Waals surface area contributed by atoms with E-state index >= 15 is 0 Å². The Morgan fingerprint density at radius 2 is 1.84 bits per heavy atom. The second-order valence-corrected chi connectivity index (χ2v) is 11.4. The van der Waals surface area contributed by atoms with Crippen LogP contribution in [0.4, 0.5) is 11.4 Å². The first-order chi connectivity index (χ1) is 17.6. The number of hydrogen-bond donors (Lipinski definition) is 1. The predicted molar refractivity (Wildman–Crippen MR) is 158 cm³/mol. The first kappa shape index (κ1) is 25.6. The Balaban J connectivity index is 1.65. The number of nitrogens with zero attached hydrogens (tertiary/aromatic N) is 3. The number of pyridine rings is 1. The number of allylic oxidation sites excluding steroid dienone is 1. The van der Waals surface area contributed by atoms with E-state index in [9.17, 15) is 0 Å². The second-order valence-electron chi connectivity index (χ2n) is 10.6. The maximum atomic E-state index is 7.10. The van der Waals surface area contributed by atoms with E-state index in [1.807, 2.05) is 62.5 Å². The Morgan fingerprint density at radius 3 is 2.49 bits per heavy atom. The molecule has 3 aromatic rings. The van der Waals surface area contributed by atoms with Crippen molar-refractivity contribution in [1.82, 2.24) is 10.3 Å². The number of likely N-dealkylation sites (N-methyl/N-ethyl adjacent to an activating group) is 1. The second kappa shape index (κ2) is 9.66. The topological polar surface area (TPSA) is 40.6 Å². The first-order valence-electron chi connectivity index (χ1n) is 12.6. The number of anilines is 2. The number of fused-ring (bicyclic) bond motifs is 1. The van der Waals surface area contributed by atoms with Crippen molar-refractivity contribution in [3.8, 4) is 5.75 Å². The Hall–Kier alpha value is -3.09. The van der Waals surface area contributed by atoms with Gasteiger partial charge in [-0.25, -0.2) is 0 Å². The number of ether oxygens (including phenoxy) is 1. The van der Waals surface area contributed by atoms with Gasteiger partial charge in [-0.3, -0.25) is 4.98 Å². The highest BCUT2D eigenvalue weighted by molar-refractivity contribution is 7.80. The molecule has 3 heterocycles. The number of halogens is 1. The van der Waals surface area contributed by atoms with Crippen LogP contribution in [-0.2, 0) is 0 Å². The fourth-order valence-corrected chi connectivity index (χ4v) is 5.94. The van der Waals surface area contributed by atoms with Crippen molar-refractivity contribution in [2.75, 3.05) is 16.8 Å². The van der Waals surface area contributed by atoms with Gasteiger partial charge in [0.15, 0.2) is 5.11 Å². The zero-order valence-corrected chi connectivity index (χ0v) is 23.7. The molecule has 0 saturated carbocycles. The fourth-order valence-electron chi connectivity index (χ4n) is 5.32. The van der Waals surface area contributed by atoms with Gasteiger partial charge in [-0.05, 0) is 107 Å². The highest BCUT2D eigenvalue weighted by Gasteiger charge is 2.42. The van der Waals surface area contributed by atoms with Gasteiger partial charge in [-0.1, -0.05) is 23.7 Å². The minimum absolute atomic E-state index is 0.0965. The van der Waals surface area contributed by atoms with Crippen molar-refractivity contribution in [2.45, 2.75) is 58.3 Å². The van der Waals surface area contributed by atoms with E-state index in [0.717, 1.165) is 28.4 Å². The summed E-state index contributed by atoms with van der Waals surface area (Å²) in [6, 6.07) is 18.0. The molecule has 5 rings (SSSR count). The normalized spacial score (nSPS) is 20.5. The molecule has 7 heteroatoms. The highest BCUT2D eigenvalue weighted by atomic mass is 35.5. The molecule has 0 radical (unpaired) electrons. The van der Waals surface area contributed by atoms with Crippen LogP contribution in [0.25, 0.3) is 5.57 Å². The van der Waals surface area contributed by atoms with Crippen molar-refractivity contribution < 1.29 is 4.74 Å². The van der Waals surface area contributed by atoms with E-state index in [-0.39, 0.29) is 23.7 Å². The molecule has 1 aromatic heterocycles. The predicted octanol–water partition coefficient (Wildman–Crippen LogP) is 7.33. The van der Waals surface area contributed by atoms with E-state index in [0.29, 0.717) is 10.1 Å². The SMILES string of the molecule is CC1=CC(C)(C)N(C)c2cc(Cl)c([C@H]3[C@H](c4ccccn4)NC(=S)N3c3ccc(OC(C)C)cc3)cc21. The molecule has 1 N–H and O–H groups in total. The molecule has 0 aliphatic carbocycles. The monoisotopic (exact) mass is 532 g/mol. The molecular weight excluding hydrogens is 500 g/mol. The molecule has 37 heavy (non-hydrogen) atoms. The molecule has 192 valence electrons. The van der Waals surface area contributed by atoms with E-state index in [2.05, 4.69) is 66.1 Å². The average Bonchev–Trinajstić information content (AvgIpc) is 3.19. The van der Waals surface area contributed by atoms with E-state index < -0.39 is 0 Å². The van der Waals surface area contributed by atoms with Crippen LogP contribution >= 0.6 is 23.8 Å². The lowest BCUT2D eigenvalue weighted by atomic mass is 9.86. The van der Waals surface area contributed by atoms with Gasteiger partial charge in [0.25, 0.3) is 0 Å². The summed E-state index contributed by atoms with van der Waals surface area (Å²) in [6.07, 6.45) is 4.23. The molecule has 0 bridgehead atoms. The zero-order chi connectivity index (χ0) is 26.5. The van der Waals surface area contributed by atoms with E-state index in [4.69, 9.17) is 28.6 Å². The fraction of sp³-hybridized carbons (Fsp3) is 0.333. The number of nitrogens with one attached hydrogen (secondary N) is 1. The van der Waals surface area contributed by atoms with Gasteiger partial charge >= 0.3 is 0 Å². The zero-order valence-electron chi connectivity index (χ0n) is 22.1. The molecule has 0 amide bonds. The van der Waals surface area contributed by atoms with Gasteiger partial charge in [-0.15, -0.1) is 0 Å². The van der Waals surface area contributed by atoms with E-state index in [1.165, 1.54) is 11.1 Å². The van der Waals surface area contributed by atoms with Crippen molar-refractivity contribution >= 4 is 45.9 Å². The molecule has 2 aliphatic rings. The largest absolute Gasteiger partial charge is 0.491 e. The number of benzene rings is 2. The molecular formula is C30H33ClN4OS. The number of rotatable bonds is 5. The maximum absolute atomic E-state index is 7.10. The van der Waals surface area contributed by atoms with Gasteiger partial charge in [0.05, 0.1) is 29.4 Å². The van der Waals surface area contributed by atoms with Crippen LogP contribution in [0.1, 0.15) is 63.5 Å². The summed E-state index contributed by atoms with van der Waals surface area (Å²) in [4.78, 5) is 9.11. The first-order valence-corrected chi connectivity index (χ1v) is 13.4. The van der Waals surface area contributed by atoms with Crippen molar-refractivity contribution in [1.29, 1.82) is 0 Å². The van der Waals surface area contributed by atoms with Gasteiger partial charge in [-0.2, -0.15) is 0 Å². The minimum Gasteiger partial charge on any atom is -0.491 e. The summed E-state index contributed by atoms with van der Waals surface area (Å²) in [6.45, 7) is 10.6.